The van der Waals surface area contributed by atoms with Gasteiger partial charge in [-0.15, -0.1) is 0 Å². The molecule has 1 N–H and O–H groups in total. The second-order valence-corrected chi connectivity index (χ2v) is 5.60. The topological polar surface area (TPSA) is 102 Å². The maximum absolute atomic E-state index is 13.5. The molecule has 0 unspecified atom stereocenters. The van der Waals surface area contributed by atoms with Gasteiger partial charge in [-0.2, -0.15) is 0 Å². The molecule has 0 saturated heterocycles. The predicted molar refractivity (Wildman–Crippen MR) is 92.7 cm³/mol. The second kappa shape index (κ2) is 8.21. The SMILES string of the molecule is CN(C)c1ccc(C(=O)OCC(=O)Nc2ccc(F)cc2F)cc1[N+](=O)[O-]. The van der Waals surface area contributed by atoms with Crippen molar-refractivity contribution in [1.29, 1.82) is 0 Å². The van der Waals surface area contributed by atoms with Gasteiger partial charge in [0, 0.05) is 26.2 Å². The van der Waals surface area contributed by atoms with Crippen LogP contribution in [0.15, 0.2) is 36.4 Å². The molecule has 2 aromatic carbocycles. The summed E-state index contributed by atoms with van der Waals surface area (Å²) in [6.45, 7) is -0.751. The van der Waals surface area contributed by atoms with Crippen LogP contribution in [0.3, 0.4) is 0 Å². The molecular formula is C17H15F2N3O5. The number of rotatable bonds is 6. The summed E-state index contributed by atoms with van der Waals surface area (Å²) in [4.78, 5) is 35.7. The van der Waals surface area contributed by atoms with Crippen LogP contribution in [0, 0.1) is 21.7 Å². The van der Waals surface area contributed by atoms with E-state index < -0.39 is 35.0 Å². The molecule has 0 bridgehead atoms. The van der Waals surface area contributed by atoms with E-state index in [0.717, 1.165) is 18.2 Å². The minimum absolute atomic E-state index is 0.118. The van der Waals surface area contributed by atoms with E-state index in [-0.39, 0.29) is 16.9 Å². The highest BCUT2D eigenvalue weighted by molar-refractivity contribution is 5.96. The number of esters is 1. The molecular weight excluding hydrogens is 364 g/mol. The average molecular weight is 379 g/mol. The Kier molecular flexibility index (Phi) is 6.01. The molecule has 1 amide bonds. The largest absolute Gasteiger partial charge is 0.452 e. The van der Waals surface area contributed by atoms with Crippen molar-refractivity contribution < 1.29 is 28.0 Å². The van der Waals surface area contributed by atoms with E-state index in [1.54, 1.807) is 14.1 Å². The molecule has 0 fully saturated rings. The number of nitrogens with one attached hydrogen (secondary N) is 1. The van der Waals surface area contributed by atoms with Gasteiger partial charge in [0.2, 0.25) is 0 Å². The van der Waals surface area contributed by atoms with Crippen LogP contribution in [0.2, 0.25) is 0 Å². The lowest BCUT2D eigenvalue weighted by atomic mass is 10.1. The Morgan fingerprint density at radius 1 is 1.19 bits per heavy atom. The van der Waals surface area contributed by atoms with E-state index in [1.807, 2.05) is 0 Å². The van der Waals surface area contributed by atoms with E-state index in [1.165, 1.54) is 17.0 Å². The van der Waals surface area contributed by atoms with Crippen LogP contribution >= 0.6 is 0 Å². The summed E-state index contributed by atoms with van der Waals surface area (Å²) in [5.41, 5.74) is -0.398. The zero-order valence-corrected chi connectivity index (χ0v) is 14.4. The fourth-order valence-corrected chi connectivity index (χ4v) is 2.17. The third kappa shape index (κ3) is 4.97. The number of anilines is 2. The van der Waals surface area contributed by atoms with Crippen LogP contribution in [-0.2, 0) is 9.53 Å². The summed E-state index contributed by atoms with van der Waals surface area (Å²) in [5, 5.41) is 13.3. The Hall–Kier alpha value is -3.56. The lowest BCUT2D eigenvalue weighted by Crippen LogP contribution is -2.21. The molecule has 2 aromatic rings. The van der Waals surface area contributed by atoms with Gasteiger partial charge in [-0.25, -0.2) is 13.6 Å². The maximum atomic E-state index is 13.5. The molecule has 2 rings (SSSR count). The van der Waals surface area contributed by atoms with Crippen LogP contribution in [0.25, 0.3) is 0 Å². The first-order chi connectivity index (χ1) is 12.7. The molecule has 0 aliphatic rings. The van der Waals surface area contributed by atoms with Crippen molar-refractivity contribution in [3.8, 4) is 0 Å². The molecule has 8 nitrogen and oxygen atoms in total. The van der Waals surface area contributed by atoms with Gasteiger partial charge < -0.3 is 15.0 Å². The molecule has 0 aliphatic carbocycles. The quantitative estimate of drug-likeness (QED) is 0.470. The van der Waals surface area contributed by atoms with Crippen molar-refractivity contribution in [1.82, 2.24) is 0 Å². The van der Waals surface area contributed by atoms with E-state index in [2.05, 4.69) is 5.32 Å². The first-order valence-corrected chi connectivity index (χ1v) is 7.57. The Bertz CT molecular complexity index is 902. The Morgan fingerprint density at radius 3 is 2.48 bits per heavy atom. The van der Waals surface area contributed by atoms with Crippen molar-refractivity contribution in [2.75, 3.05) is 30.9 Å². The number of amides is 1. The van der Waals surface area contributed by atoms with Crippen molar-refractivity contribution in [3.05, 3.63) is 63.7 Å². The number of carbonyl (C=O) groups excluding carboxylic acids is 2. The first-order valence-electron chi connectivity index (χ1n) is 7.57. The van der Waals surface area contributed by atoms with Gasteiger partial charge in [-0.1, -0.05) is 0 Å². The summed E-state index contributed by atoms with van der Waals surface area (Å²) >= 11 is 0. The van der Waals surface area contributed by atoms with E-state index in [0.29, 0.717) is 11.8 Å². The molecule has 0 aliphatic heterocycles. The number of nitro groups is 1. The van der Waals surface area contributed by atoms with Crippen LogP contribution in [-0.4, -0.2) is 37.5 Å². The average Bonchev–Trinajstić information content (AvgIpc) is 2.61. The first kappa shape index (κ1) is 19.8. The molecule has 0 radical (unpaired) electrons. The van der Waals surface area contributed by atoms with E-state index in [9.17, 15) is 28.5 Å². The minimum atomic E-state index is -0.982. The number of benzene rings is 2. The second-order valence-electron chi connectivity index (χ2n) is 5.60. The van der Waals surface area contributed by atoms with E-state index >= 15 is 0 Å². The van der Waals surface area contributed by atoms with Gasteiger partial charge in [0.05, 0.1) is 16.2 Å². The summed E-state index contributed by atoms with van der Waals surface area (Å²) in [6.07, 6.45) is 0. The number of nitrogens with zero attached hydrogens (tertiary/aromatic N) is 2. The smallest absolute Gasteiger partial charge is 0.338 e. The van der Waals surface area contributed by atoms with Crippen molar-refractivity contribution >= 4 is 28.9 Å². The highest BCUT2D eigenvalue weighted by Gasteiger charge is 2.20. The van der Waals surface area contributed by atoms with Gasteiger partial charge in [-0.05, 0) is 24.3 Å². The van der Waals surface area contributed by atoms with Gasteiger partial charge >= 0.3 is 5.97 Å². The van der Waals surface area contributed by atoms with Crippen LogP contribution in [0.4, 0.5) is 25.8 Å². The fourth-order valence-electron chi connectivity index (χ4n) is 2.17. The van der Waals surface area contributed by atoms with Crippen LogP contribution in [0.5, 0.6) is 0 Å². The third-order valence-electron chi connectivity index (χ3n) is 3.43. The molecule has 142 valence electrons. The van der Waals surface area contributed by atoms with Crippen molar-refractivity contribution in [2.45, 2.75) is 0 Å². The molecule has 0 atom stereocenters. The van der Waals surface area contributed by atoms with Gasteiger partial charge in [0.25, 0.3) is 11.6 Å². The number of carbonyl (C=O) groups is 2. The molecule has 0 aromatic heterocycles. The van der Waals surface area contributed by atoms with Crippen LogP contribution in [0.1, 0.15) is 10.4 Å². The summed E-state index contributed by atoms with van der Waals surface area (Å²) in [5.74, 6) is -3.60. The summed E-state index contributed by atoms with van der Waals surface area (Å²) in [7, 11) is 3.22. The number of halogens is 2. The molecule has 0 saturated carbocycles. The standard InChI is InChI=1S/C17H15F2N3O5/c1-21(2)14-6-3-10(7-15(14)22(25)26)17(24)27-9-16(23)20-13-5-4-11(18)8-12(13)19/h3-8H,9H2,1-2H3,(H,20,23). The van der Waals surface area contributed by atoms with Gasteiger partial charge in [0.1, 0.15) is 17.3 Å². The molecule has 10 heteroatoms. The fraction of sp³-hybridized carbons (Fsp3) is 0.176. The van der Waals surface area contributed by atoms with Gasteiger partial charge in [0.15, 0.2) is 6.61 Å². The van der Waals surface area contributed by atoms with Crippen molar-refractivity contribution in [2.24, 2.45) is 0 Å². The molecule has 27 heavy (non-hydrogen) atoms. The highest BCUT2D eigenvalue weighted by atomic mass is 19.1. The summed E-state index contributed by atoms with van der Waals surface area (Å²) < 4.78 is 31.1. The Balaban J connectivity index is 2.03. The number of nitro benzene ring substituents is 1. The summed E-state index contributed by atoms with van der Waals surface area (Å²) in [6, 6.07) is 6.30. The normalized spacial score (nSPS) is 10.2. The van der Waals surface area contributed by atoms with Crippen LogP contribution < -0.4 is 10.2 Å². The lowest BCUT2D eigenvalue weighted by molar-refractivity contribution is -0.384. The lowest BCUT2D eigenvalue weighted by Gasteiger charge is -2.13. The number of hydrogen-bond acceptors (Lipinski definition) is 6. The Labute approximate surface area is 152 Å². The maximum Gasteiger partial charge on any atom is 0.338 e. The Morgan fingerprint density at radius 2 is 1.89 bits per heavy atom. The monoisotopic (exact) mass is 379 g/mol. The molecule has 0 spiro atoms. The molecule has 0 heterocycles. The third-order valence-corrected chi connectivity index (χ3v) is 3.43. The predicted octanol–water partition coefficient (Wildman–Crippen LogP) is 2.73. The highest BCUT2D eigenvalue weighted by Crippen LogP contribution is 2.28. The van der Waals surface area contributed by atoms with Gasteiger partial charge in [-0.3, -0.25) is 14.9 Å². The van der Waals surface area contributed by atoms with Crippen molar-refractivity contribution in [3.63, 3.8) is 0 Å². The zero-order valence-electron chi connectivity index (χ0n) is 14.4. The minimum Gasteiger partial charge on any atom is -0.452 e. The zero-order chi connectivity index (χ0) is 20.1. The number of hydrogen-bond donors (Lipinski definition) is 1. The van der Waals surface area contributed by atoms with E-state index in [4.69, 9.17) is 4.74 Å². The number of ether oxygens (including phenoxy) is 1.